The summed E-state index contributed by atoms with van der Waals surface area (Å²) in [5.41, 5.74) is 2.87. The number of aromatic amines is 1. The molecule has 0 fully saturated rings. The second kappa shape index (κ2) is 8.27. The molecular formula is C18H18ClN3O2S. The van der Waals surface area contributed by atoms with Crippen LogP contribution >= 0.6 is 23.4 Å². The van der Waals surface area contributed by atoms with Crippen LogP contribution in [-0.2, 0) is 11.2 Å². The molecule has 0 saturated heterocycles. The van der Waals surface area contributed by atoms with Gasteiger partial charge in [-0.15, -0.1) is 0 Å². The zero-order chi connectivity index (χ0) is 17.6. The number of hydrogen-bond donors (Lipinski definition) is 2. The first-order chi connectivity index (χ1) is 12.1. The van der Waals surface area contributed by atoms with Crippen molar-refractivity contribution in [2.75, 3.05) is 19.4 Å². The number of aromatic nitrogens is 2. The lowest BCUT2D eigenvalue weighted by Gasteiger charge is -2.05. The molecule has 130 valence electrons. The van der Waals surface area contributed by atoms with E-state index in [1.54, 1.807) is 13.2 Å². The summed E-state index contributed by atoms with van der Waals surface area (Å²) in [6.07, 6.45) is 0.781. The Morgan fingerprint density at radius 1 is 1.28 bits per heavy atom. The normalized spacial score (nSPS) is 10.8. The first kappa shape index (κ1) is 17.6. The van der Waals surface area contributed by atoms with E-state index in [1.165, 1.54) is 11.8 Å². The Morgan fingerprint density at radius 2 is 2.08 bits per heavy atom. The highest BCUT2D eigenvalue weighted by Gasteiger charge is 2.07. The lowest BCUT2D eigenvalue weighted by atomic mass is 10.1. The minimum atomic E-state index is -0.0167. The first-order valence-corrected chi connectivity index (χ1v) is 9.18. The van der Waals surface area contributed by atoms with Gasteiger partial charge in [0.2, 0.25) is 5.91 Å². The van der Waals surface area contributed by atoms with Crippen LogP contribution in [0.15, 0.2) is 47.6 Å². The Hall–Kier alpha value is -2.18. The van der Waals surface area contributed by atoms with E-state index in [9.17, 15) is 4.79 Å². The molecule has 0 bridgehead atoms. The Morgan fingerprint density at radius 3 is 2.84 bits per heavy atom. The van der Waals surface area contributed by atoms with Crippen molar-refractivity contribution < 1.29 is 9.53 Å². The van der Waals surface area contributed by atoms with E-state index in [1.807, 2.05) is 36.4 Å². The van der Waals surface area contributed by atoms with E-state index >= 15 is 0 Å². The molecular weight excluding hydrogens is 358 g/mol. The molecule has 3 rings (SSSR count). The minimum Gasteiger partial charge on any atom is -0.497 e. The van der Waals surface area contributed by atoms with Gasteiger partial charge >= 0.3 is 0 Å². The van der Waals surface area contributed by atoms with Crippen molar-refractivity contribution in [2.24, 2.45) is 0 Å². The van der Waals surface area contributed by atoms with Crippen LogP contribution in [0.25, 0.3) is 11.0 Å². The molecule has 0 spiro atoms. The molecule has 3 aromatic rings. The van der Waals surface area contributed by atoms with E-state index in [4.69, 9.17) is 16.3 Å². The summed E-state index contributed by atoms with van der Waals surface area (Å²) < 4.78 is 5.13. The first-order valence-electron chi connectivity index (χ1n) is 7.82. The molecule has 1 heterocycles. The molecule has 0 aliphatic rings. The lowest BCUT2D eigenvalue weighted by Crippen LogP contribution is -2.27. The second-order valence-electron chi connectivity index (χ2n) is 5.44. The molecule has 0 saturated carbocycles. The number of ether oxygens (including phenoxy) is 1. The molecule has 25 heavy (non-hydrogen) atoms. The molecule has 1 amide bonds. The third kappa shape index (κ3) is 4.90. The summed E-state index contributed by atoms with van der Waals surface area (Å²) in [5.74, 6) is 1.13. The molecule has 7 heteroatoms. The van der Waals surface area contributed by atoms with Crippen LogP contribution in [0.4, 0.5) is 0 Å². The number of halogens is 1. The smallest absolute Gasteiger partial charge is 0.230 e. The number of benzene rings is 2. The zero-order valence-electron chi connectivity index (χ0n) is 13.7. The van der Waals surface area contributed by atoms with Gasteiger partial charge in [0.15, 0.2) is 5.16 Å². The van der Waals surface area contributed by atoms with Crippen LogP contribution in [0.2, 0.25) is 5.02 Å². The van der Waals surface area contributed by atoms with Gasteiger partial charge in [0, 0.05) is 11.6 Å². The van der Waals surface area contributed by atoms with Gasteiger partial charge in [-0.3, -0.25) is 4.79 Å². The number of amides is 1. The topological polar surface area (TPSA) is 67.0 Å². The second-order valence-corrected chi connectivity index (χ2v) is 6.84. The molecule has 1 aromatic heterocycles. The number of nitrogens with zero attached hydrogens (tertiary/aromatic N) is 1. The maximum atomic E-state index is 12.0. The van der Waals surface area contributed by atoms with Gasteiger partial charge in [-0.25, -0.2) is 4.98 Å². The molecule has 0 aliphatic heterocycles. The number of methoxy groups -OCH3 is 1. The Kier molecular flexibility index (Phi) is 5.83. The summed E-state index contributed by atoms with van der Waals surface area (Å²) in [5, 5.41) is 4.29. The van der Waals surface area contributed by atoms with Gasteiger partial charge in [0.05, 0.1) is 23.9 Å². The Bertz CT molecular complexity index is 864. The van der Waals surface area contributed by atoms with Crippen molar-refractivity contribution in [1.82, 2.24) is 15.3 Å². The highest BCUT2D eigenvalue weighted by molar-refractivity contribution is 7.99. The number of imidazole rings is 1. The van der Waals surface area contributed by atoms with E-state index in [2.05, 4.69) is 15.3 Å². The molecule has 2 N–H and O–H groups in total. The third-order valence-electron chi connectivity index (χ3n) is 3.66. The Balaban J connectivity index is 1.44. The number of carbonyl (C=O) groups is 1. The van der Waals surface area contributed by atoms with Gasteiger partial charge in [0.1, 0.15) is 5.75 Å². The maximum absolute atomic E-state index is 12.0. The summed E-state index contributed by atoms with van der Waals surface area (Å²) in [7, 11) is 1.64. The molecule has 0 radical (unpaired) electrons. The predicted octanol–water partition coefficient (Wildman–Crippen LogP) is 3.68. The molecule has 0 unspecified atom stereocenters. The van der Waals surface area contributed by atoms with Gasteiger partial charge < -0.3 is 15.0 Å². The number of fused-ring (bicyclic) bond motifs is 1. The van der Waals surface area contributed by atoms with Gasteiger partial charge in [0.25, 0.3) is 0 Å². The SMILES string of the molecule is COc1ccc(CCNC(=O)CSc2nc3ccc(Cl)cc3[nH]2)cc1. The standard InChI is InChI=1S/C18H18ClN3O2S/c1-24-14-5-2-12(3-6-14)8-9-20-17(23)11-25-18-21-15-7-4-13(19)10-16(15)22-18/h2-7,10H,8-9,11H2,1H3,(H,20,23)(H,21,22). The van der Waals surface area contributed by atoms with Crippen LogP contribution in [0.5, 0.6) is 5.75 Å². The quantitative estimate of drug-likeness (QED) is 0.618. The highest BCUT2D eigenvalue weighted by atomic mass is 35.5. The number of hydrogen-bond acceptors (Lipinski definition) is 4. The van der Waals surface area contributed by atoms with Gasteiger partial charge in [-0.2, -0.15) is 0 Å². The van der Waals surface area contributed by atoms with E-state index < -0.39 is 0 Å². The summed E-state index contributed by atoms with van der Waals surface area (Å²) in [4.78, 5) is 19.5. The van der Waals surface area contributed by atoms with Crippen molar-refractivity contribution in [3.05, 3.63) is 53.1 Å². The molecule has 0 atom stereocenters. The molecule has 0 aliphatic carbocycles. The molecule has 2 aromatic carbocycles. The third-order valence-corrected chi connectivity index (χ3v) is 4.77. The van der Waals surface area contributed by atoms with E-state index in [-0.39, 0.29) is 5.91 Å². The Labute approximate surface area is 155 Å². The van der Waals surface area contributed by atoms with Crippen molar-refractivity contribution >= 4 is 40.3 Å². The fourth-order valence-corrected chi connectivity index (χ4v) is 3.24. The van der Waals surface area contributed by atoms with Crippen molar-refractivity contribution in [1.29, 1.82) is 0 Å². The zero-order valence-corrected chi connectivity index (χ0v) is 15.3. The maximum Gasteiger partial charge on any atom is 0.230 e. The molecule has 5 nitrogen and oxygen atoms in total. The number of H-pyrrole nitrogens is 1. The fraction of sp³-hybridized carbons (Fsp3) is 0.222. The predicted molar refractivity (Wildman–Crippen MR) is 102 cm³/mol. The van der Waals surface area contributed by atoms with Crippen molar-refractivity contribution in [3.63, 3.8) is 0 Å². The van der Waals surface area contributed by atoms with Crippen LogP contribution in [0, 0.1) is 0 Å². The number of nitrogens with one attached hydrogen (secondary N) is 2. The van der Waals surface area contributed by atoms with Crippen LogP contribution in [0.3, 0.4) is 0 Å². The number of thioether (sulfide) groups is 1. The minimum absolute atomic E-state index is 0.0167. The van der Waals surface area contributed by atoms with Crippen LogP contribution < -0.4 is 10.1 Å². The summed E-state index contributed by atoms with van der Waals surface area (Å²) in [6.45, 7) is 0.599. The van der Waals surface area contributed by atoms with E-state index in [0.717, 1.165) is 28.8 Å². The lowest BCUT2D eigenvalue weighted by molar-refractivity contribution is -0.118. The fourth-order valence-electron chi connectivity index (χ4n) is 2.35. The largest absolute Gasteiger partial charge is 0.497 e. The summed E-state index contributed by atoms with van der Waals surface area (Å²) in [6, 6.07) is 13.3. The monoisotopic (exact) mass is 375 g/mol. The van der Waals surface area contributed by atoms with E-state index in [0.29, 0.717) is 22.5 Å². The van der Waals surface area contributed by atoms with Crippen LogP contribution in [0.1, 0.15) is 5.56 Å². The highest BCUT2D eigenvalue weighted by Crippen LogP contribution is 2.22. The van der Waals surface area contributed by atoms with Gasteiger partial charge in [-0.1, -0.05) is 35.5 Å². The average Bonchev–Trinajstić information content (AvgIpc) is 3.02. The van der Waals surface area contributed by atoms with Crippen LogP contribution in [-0.4, -0.2) is 35.3 Å². The van der Waals surface area contributed by atoms with Crippen molar-refractivity contribution in [2.45, 2.75) is 11.6 Å². The number of carbonyl (C=O) groups excluding carboxylic acids is 1. The van der Waals surface area contributed by atoms with Gasteiger partial charge in [-0.05, 0) is 42.3 Å². The number of rotatable bonds is 7. The summed E-state index contributed by atoms with van der Waals surface area (Å²) >= 11 is 7.33. The average molecular weight is 376 g/mol. The van der Waals surface area contributed by atoms with Crippen molar-refractivity contribution in [3.8, 4) is 5.75 Å².